The van der Waals surface area contributed by atoms with Gasteiger partial charge in [-0.15, -0.1) is 5.10 Å². The van der Waals surface area contributed by atoms with E-state index in [1.807, 2.05) is 28.8 Å². The molecule has 0 spiro atoms. The maximum Gasteiger partial charge on any atom is 0.346 e. The zero-order valence-electron chi connectivity index (χ0n) is 15.0. The molecule has 1 saturated heterocycles. The first-order valence-corrected chi connectivity index (χ1v) is 8.71. The van der Waals surface area contributed by atoms with Gasteiger partial charge in [0.15, 0.2) is 12.1 Å². The Hall–Kier alpha value is -3.75. The van der Waals surface area contributed by atoms with Crippen LogP contribution in [0.4, 0.5) is 0 Å². The van der Waals surface area contributed by atoms with Gasteiger partial charge in [0.2, 0.25) is 5.91 Å². The smallest absolute Gasteiger partial charge is 0.323 e. The normalized spacial score (nSPS) is 16.8. The van der Waals surface area contributed by atoms with Crippen LogP contribution in [0.25, 0.3) is 17.1 Å². The molecule has 0 saturated carbocycles. The molecule has 3 aromatic rings. The molecule has 0 radical (unpaired) electrons. The van der Waals surface area contributed by atoms with Gasteiger partial charge in [0.05, 0.1) is 0 Å². The summed E-state index contributed by atoms with van der Waals surface area (Å²) in [6.45, 7) is 0. The zero-order chi connectivity index (χ0) is 19.8. The summed E-state index contributed by atoms with van der Waals surface area (Å²) in [6.07, 6.45) is 4.69. The quantitative estimate of drug-likeness (QED) is 0.534. The number of hydrogen-bond donors (Lipinski definition) is 1. The predicted octanol–water partition coefficient (Wildman–Crippen LogP) is 0.830. The fourth-order valence-electron chi connectivity index (χ4n) is 3.25. The highest BCUT2D eigenvalue weighted by atomic mass is 16.2. The van der Waals surface area contributed by atoms with E-state index in [4.69, 9.17) is 0 Å². The Morgan fingerprint density at radius 2 is 1.89 bits per heavy atom. The van der Waals surface area contributed by atoms with Crippen molar-refractivity contribution < 1.29 is 14.4 Å². The topological polar surface area (TPSA) is 108 Å². The number of aromatic nitrogens is 4. The van der Waals surface area contributed by atoms with E-state index in [0.29, 0.717) is 17.0 Å². The number of amides is 2. The summed E-state index contributed by atoms with van der Waals surface area (Å²) in [7, 11) is 1.59. The number of nitrogens with one attached hydrogen (secondary N) is 1. The van der Waals surface area contributed by atoms with Gasteiger partial charge in [-0.3, -0.25) is 24.3 Å². The van der Waals surface area contributed by atoms with Crippen LogP contribution in [-0.2, 0) is 16.6 Å². The van der Waals surface area contributed by atoms with E-state index >= 15 is 0 Å². The van der Waals surface area contributed by atoms with Crippen LogP contribution < -0.4 is 11.0 Å². The average Bonchev–Trinajstić information content (AvgIpc) is 3.28. The molecule has 0 bridgehead atoms. The fraction of sp³-hybridized carbons (Fsp3) is 0.211. The molecule has 28 heavy (non-hydrogen) atoms. The summed E-state index contributed by atoms with van der Waals surface area (Å²) < 4.78 is 4.32. The van der Waals surface area contributed by atoms with E-state index in [1.54, 1.807) is 25.5 Å². The fourth-order valence-corrected chi connectivity index (χ4v) is 3.25. The third kappa shape index (κ3) is 2.96. The molecule has 9 heteroatoms. The number of benzene rings is 1. The van der Waals surface area contributed by atoms with Crippen molar-refractivity contribution in [2.45, 2.75) is 18.9 Å². The maximum atomic E-state index is 12.6. The van der Waals surface area contributed by atoms with Crippen LogP contribution in [-0.4, -0.2) is 37.0 Å². The lowest BCUT2D eigenvalue weighted by Crippen LogP contribution is -2.44. The van der Waals surface area contributed by atoms with Gasteiger partial charge < -0.3 is 4.57 Å². The molecule has 9 nitrogen and oxygen atoms in total. The lowest BCUT2D eigenvalue weighted by molar-refractivity contribution is -0.136. The van der Waals surface area contributed by atoms with Gasteiger partial charge in [0.1, 0.15) is 6.04 Å². The highest BCUT2D eigenvalue weighted by molar-refractivity contribution is 5.99. The second-order valence-electron chi connectivity index (χ2n) is 6.59. The Bertz CT molecular complexity index is 1140. The second-order valence-corrected chi connectivity index (χ2v) is 6.59. The largest absolute Gasteiger partial charge is 0.346 e. The summed E-state index contributed by atoms with van der Waals surface area (Å²) in [6, 6.07) is 8.23. The van der Waals surface area contributed by atoms with Gasteiger partial charge in [0, 0.05) is 42.7 Å². The molecule has 1 fully saturated rings. The number of nitrogens with zero attached hydrogens (tertiary/aromatic N) is 4. The van der Waals surface area contributed by atoms with Gasteiger partial charge in [-0.05, 0) is 36.8 Å². The van der Waals surface area contributed by atoms with Crippen molar-refractivity contribution >= 4 is 18.1 Å². The van der Waals surface area contributed by atoms with Crippen molar-refractivity contribution in [2.75, 3.05) is 0 Å². The van der Waals surface area contributed by atoms with Crippen LogP contribution in [0.15, 0.2) is 47.5 Å². The lowest BCUT2D eigenvalue weighted by Gasteiger charge is -2.19. The van der Waals surface area contributed by atoms with Gasteiger partial charge in [0.25, 0.3) is 5.91 Å². The minimum atomic E-state index is -0.800. The first-order valence-electron chi connectivity index (χ1n) is 8.71. The van der Waals surface area contributed by atoms with Crippen molar-refractivity contribution in [1.82, 2.24) is 24.2 Å². The number of carbonyl (C=O) groups is 3. The average molecular weight is 379 g/mol. The van der Waals surface area contributed by atoms with Crippen LogP contribution in [0.3, 0.4) is 0 Å². The van der Waals surface area contributed by atoms with Crippen molar-refractivity contribution in [2.24, 2.45) is 7.05 Å². The summed E-state index contributed by atoms with van der Waals surface area (Å²) >= 11 is 0. The molecule has 1 aliphatic heterocycles. The van der Waals surface area contributed by atoms with Crippen molar-refractivity contribution in [1.29, 1.82) is 0 Å². The third-order valence-electron chi connectivity index (χ3n) is 4.78. The van der Waals surface area contributed by atoms with Gasteiger partial charge in [-0.2, -0.15) is 0 Å². The minimum absolute atomic E-state index is 0.170. The Labute approximate surface area is 159 Å². The molecule has 2 aromatic heterocycles. The van der Waals surface area contributed by atoms with Crippen molar-refractivity contribution in [3.05, 3.63) is 58.8 Å². The molecular formula is C19H17N5O4. The first kappa shape index (κ1) is 17.7. The molecule has 142 valence electrons. The molecule has 1 atom stereocenters. The third-order valence-corrected chi connectivity index (χ3v) is 4.78. The number of imide groups is 1. The number of carbonyl (C=O) groups excluding carboxylic acids is 3. The Balaban J connectivity index is 1.66. The van der Waals surface area contributed by atoms with Crippen LogP contribution in [0.1, 0.15) is 29.2 Å². The maximum absolute atomic E-state index is 12.6. The molecule has 0 aliphatic carbocycles. The van der Waals surface area contributed by atoms with Crippen LogP contribution in [0, 0.1) is 0 Å². The minimum Gasteiger partial charge on any atom is -0.323 e. The summed E-state index contributed by atoms with van der Waals surface area (Å²) in [4.78, 5) is 46.8. The highest BCUT2D eigenvalue weighted by Crippen LogP contribution is 2.21. The van der Waals surface area contributed by atoms with E-state index in [1.165, 1.54) is 4.57 Å². The van der Waals surface area contributed by atoms with Gasteiger partial charge in [-0.1, -0.05) is 0 Å². The number of hydrogen-bond acceptors (Lipinski definition) is 5. The summed E-state index contributed by atoms with van der Waals surface area (Å²) in [5.74, 6) is -0.442. The van der Waals surface area contributed by atoms with Crippen molar-refractivity contribution in [3.8, 4) is 17.1 Å². The number of piperidine rings is 1. The standard InChI is InChI=1S/C19H17N5O4/c1-22-17(21-24(19(22)28)15-6-7-16(26)20-18(15)27)13-2-4-14(5-3-13)23-9-8-12(10-23)11-25/h2-5,8-11,15H,6-7H2,1H3,(H,20,26,27). The molecule has 1 aliphatic rings. The predicted molar refractivity (Wildman–Crippen MR) is 99.0 cm³/mol. The summed E-state index contributed by atoms with van der Waals surface area (Å²) in [5.41, 5.74) is 1.72. The van der Waals surface area contributed by atoms with E-state index in [9.17, 15) is 19.2 Å². The highest BCUT2D eigenvalue weighted by Gasteiger charge is 2.31. The molecule has 4 rings (SSSR count). The molecule has 3 heterocycles. The lowest BCUT2D eigenvalue weighted by atomic mass is 10.1. The zero-order valence-corrected chi connectivity index (χ0v) is 15.0. The molecular weight excluding hydrogens is 362 g/mol. The number of rotatable bonds is 4. The van der Waals surface area contributed by atoms with Crippen LogP contribution >= 0.6 is 0 Å². The molecule has 1 N–H and O–H groups in total. The molecule has 1 aromatic carbocycles. The first-order chi connectivity index (χ1) is 13.5. The van der Waals surface area contributed by atoms with E-state index < -0.39 is 17.6 Å². The van der Waals surface area contributed by atoms with Gasteiger partial charge in [-0.25, -0.2) is 9.48 Å². The monoisotopic (exact) mass is 379 g/mol. The Morgan fingerprint density at radius 1 is 1.14 bits per heavy atom. The van der Waals surface area contributed by atoms with Crippen molar-refractivity contribution in [3.63, 3.8) is 0 Å². The van der Waals surface area contributed by atoms with Crippen LogP contribution in [0.5, 0.6) is 0 Å². The number of aldehydes is 1. The Morgan fingerprint density at radius 3 is 2.54 bits per heavy atom. The van der Waals surface area contributed by atoms with E-state index in [-0.39, 0.29) is 18.7 Å². The SMILES string of the molecule is Cn1c(-c2ccc(-n3ccc(C=O)c3)cc2)nn(C2CCC(=O)NC2=O)c1=O. The van der Waals surface area contributed by atoms with E-state index in [2.05, 4.69) is 10.4 Å². The Kier molecular flexibility index (Phi) is 4.26. The van der Waals surface area contributed by atoms with E-state index in [0.717, 1.165) is 16.7 Å². The summed E-state index contributed by atoms with van der Waals surface area (Å²) in [5, 5.41) is 6.58. The molecule has 2 amide bonds. The van der Waals surface area contributed by atoms with Gasteiger partial charge >= 0.3 is 5.69 Å². The van der Waals surface area contributed by atoms with Crippen LogP contribution in [0.2, 0.25) is 0 Å². The molecule has 1 unspecified atom stereocenters. The second kappa shape index (κ2) is 6.76.